The summed E-state index contributed by atoms with van der Waals surface area (Å²) < 4.78 is 68.3. The molecule has 0 saturated carbocycles. The number of carbonyl (C=O) groups excluding carboxylic acids is 4. The van der Waals surface area contributed by atoms with Crippen LogP contribution >= 0.6 is 15.6 Å². The van der Waals surface area contributed by atoms with Gasteiger partial charge in [-0.1, -0.05) is 305 Å². The maximum absolute atomic E-state index is 13.0. The molecule has 0 amide bonds. The zero-order chi connectivity index (χ0) is 65.7. The third-order valence-electron chi connectivity index (χ3n) is 16.2. The standard InChI is InChI=1S/C70H136O17P2/c1-7-9-11-13-15-17-19-21-28-34-40-46-52-67(72)80-58-65(86-69(74)54-48-42-36-29-22-20-18-16-14-12-10-8-2)60-84-88(76,77)82-56-64(71)57-83-89(78,79)85-61-66(59-81-68(73)53-47-41-35-31-25-27-33-39-45-51-63(5)6)87-70(75)55-49-43-37-30-24-23-26-32-38-44-50-62(3)4/h62-66,71H,7-61H2,1-6H3,(H,76,77)(H,78,79)/t64-,65+,66+/m0/s1. The second kappa shape index (κ2) is 62.2. The fourth-order valence-electron chi connectivity index (χ4n) is 10.6. The van der Waals surface area contributed by atoms with Crippen molar-refractivity contribution in [2.45, 2.75) is 374 Å². The summed E-state index contributed by atoms with van der Waals surface area (Å²) in [7, 11) is -9.90. The third-order valence-corrected chi connectivity index (χ3v) is 18.1. The molecule has 0 aliphatic carbocycles. The van der Waals surface area contributed by atoms with Crippen LogP contribution in [0.2, 0.25) is 0 Å². The van der Waals surface area contributed by atoms with Crippen LogP contribution in [0.5, 0.6) is 0 Å². The van der Waals surface area contributed by atoms with Gasteiger partial charge in [-0.15, -0.1) is 0 Å². The number of phosphoric acid groups is 2. The summed E-state index contributed by atoms with van der Waals surface area (Å²) in [6.07, 6.45) is 47.0. The van der Waals surface area contributed by atoms with Crippen molar-refractivity contribution < 1.29 is 80.2 Å². The molecule has 0 fully saturated rings. The molecule has 2 unspecified atom stereocenters. The summed E-state index contributed by atoms with van der Waals surface area (Å²) in [6.45, 7) is 9.52. The Labute approximate surface area is 543 Å². The summed E-state index contributed by atoms with van der Waals surface area (Å²) in [5.74, 6) is -0.626. The minimum atomic E-state index is -4.95. The average molecular weight is 1310 g/mol. The lowest BCUT2D eigenvalue weighted by molar-refractivity contribution is -0.161. The van der Waals surface area contributed by atoms with Gasteiger partial charge in [0.05, 0.1) is 26.4 Å². The van der Waals surface area contributed by atoms with Gasteiger partial charge in [0.15, 0.2) is 12.2 Å². The summed E-state index contributed by atoms with van der Waals surface area (Å²) in [5.41, 5.74) is 0. The fraction of sp³-hybridized carbons (Fsp3) is 0.943. The van der Waals surface area contributed by atoms with Crippen LogP contribution in [0.25, 0.3) is 0 Å². The number of hydrogen-bond donors (Lipinski definition) is 3. The van der Waals surface area contributed by atoms with Crippen LogP contribution < -0.4 is 0 Å². The topological polar surface area (TPSA) is 237 Å². The minimum absolute atomic E-state index is 0.106. The monoisotopic (exact) mass is 1310 g/mol. The minimum Gasteiger partial charge on any atom is -0.462 e. The Morgan fingerprint density at radius 3 is 0.764 bits per heavy atom. The highest BCUT2D eigenvalue weighted by Crippen LogP contribution is 2.45. The number of aliphatic hydroxyl groups is 1. The molecule has 5 atom stereocenters. The number of hydrogen-bond acceptors (Lipinski definition) is 15. The Morgan fingerprint density at radius 2 is 0.517 bits per heavy atom. The maximum atomic E-state index is 13.0. The van der Waals surface area contributed by atoms with Gasteiger partial charge in [0.25, 0.3) is 0 Å². The molecular weight excluding hydrogens is 1170 g/mol. The summed E-state index contributed by atoms with van der Waals surface area (Å²) >= 11 is 0. The van der Waals surface area contributed by atoms with E-state index in [4.69, 9.17) is 37.0 Å². The quantitative estimate of drug-likeness (QED) is 0.0222. The van der Waals surface area contributed by atoms with Crippen molar-refractivity contribution in [3.63, 3.8) is 0 Å². The van der Waals surface area contributed by atoms with Crippen LogP contribution in [0.3, 0.4) is 0 Å². The Hall–Kier alpha value is -1.94. The third kappa shape index (κ3) is 64.6. The number of phosphoric ester groups is 2. The molecule has 0 aromatic heterocycles. The normalized spacial score (nSPS) is 14.1. The van der Waals surface area contributed by atoms with Gasteiger partial charge in [0, 0.05) is 25.7 Å². The Kier molecular flexibility index (Phi) is 60.8. The number of carbonyl (C=O) groups is 4. The van der Waals surface area contributed by atoms with Crippen molar-refractivity contribution in [2.75, 3.05) is 39.6 Å². The van der Waals surface area contributed by atoms with Crippen molar-refractivity contribution in [1.29, 1.82) is 0 Å². The highest BCUT2D eigenvalue weighted by Gasteiger charge is 2.30. The molecule has 0 bridgehead atoms. The van der Waals surface area contributed by atoms with Gasteiger partial charge in [-0.2, -0.15) is 0 Å². The first-order valence-electron chi connectivity index (χ1n) is 36.5. The van der Waals surface area contributed by atoms with E-state index in [1.54, 1.807) is 0 Å². The van der Waals surface area contributed by atoms with Crippen molar-refractivity contribution in [3.8, 4) is 0 Å². The Balaban J connectivity index is 5.26. The molecule has 0 aromatic rings. The molecule has 0 saturated heterocycles. The van der Waals surface area contributed by atoms with Gasteiger partial charge in [-0.05, 0) is 37.5 Å². The molecule has 0 heterocycles. The second-order valence-electron chi connectivity index (χ2n) is 26.2. The van der Waals surface area contributed by atoms with Crippen LogP contribution in [0, 0.1) is 11.8 Å². The molecule has 89 heavy (non-hydrogen) atoms. The molecule has 0 aromatic carbocycles. The zero-order valence-electron chi connectivity index (χ0n) is 57.7. The van der Waals surface area contributed by atoms with Crippen LogP contribution in [0.1, 0.15) is 356 Å². The molecule has 17 nitrogen and oxygen atoms in total. The van der Waals surface area contributed by atoms with E-state index in [9.17, 15) is 43.2 Å². The van der Waals surface area contributed by atoms with Crippen LogP contribution in [0.15, 0.2) is 0 Å². The highest BCUT2D eigenvalue weighted by molar-refractivity contribution is 7.47. The van der Waals surface area contributed by atoms with E-state index in [2.05, 4.69) is 41.5 Å². The van der Waals surface area contributed by atoms with Crippen LogP contribution in [-0.2, 0) is 65.4 Å². The van der Waals surface area contributed by atoms with E-state index in [1.165, 1.54) is 173 Å². The number of ether oxygens (including phenoxy) is 4. The summed E-state index contributed by atoms with van der Waals surface area (Å²) in [5, 5.41) is 10.6. The molecule has 528 valence electrons. The van der Waals surface area contributed by atoms with Gasteiger partial charge in [-0.3, -0.25) is 37.3 Å². The largest absolute Gasteiger partial charge is 0.472 e. The zero-order valence-corrected chi connectivity index (χ0v) is 59.5. The first-order valence-corrected chi connectivity index (χ1v) is 39.5. The molecule has 0 rings (SSSR count). The fourth-order valence-corrected chi connectivity index (χ4v) is 12.2. The number of unbranched alkanes of at least 4 members (excludes halogenated alkanes) is 39. The van der Waals surface area contributed by atoms with Crippen molar-refractivity contribution >= 4 is 39.5 Å². The first-order chi connectivity index (χ1) is 42.9. The predicted octanol–water partition coefficient (Wildman–Crippen LogP) is 20.0. The Bertz CT molecular complexity index is 1730. The molecule has 3 N–H and O–H groups in total. The van der Waals surface area contributed by atoms with Crippen molar-refractivity contribution in [1.82, 2.24) is 0 Å². The Morgan fingerprint density at radius 1 is 0.303 bits per heavy atom. The number of aliphatic hydroxyl groups excluding tert-OH is 1. The lowest BCUT2D eigenvalue weighted by Gasteiger charge is -2.21. The molecular formula is C70H136O17P2. The lowest BCUT2D eigenvalue weighted by atomic mass is 10.0. The van der Waals surface area contributed by atoms with E-state index in [0.29, 0.717) is 25.7 Å². The van der Waals surface area contributed by atoms with E-state index in [0.717, 1.165) is 102 Å². The first kappa shape index (κ1) is 87.1. The van der Waals surface area contributed by atoms with Crippen molar-refractivity contribution in [2.24, 2.45) is 11.8 Å². The van der Waals surface area contributed by atoms with Gasteiger partial charge < -0.3 is 33.8 Å². The van der Waals surface area contributed by atoms with E-state index in [1.807, 2.05) is 0 Å². The highest BCUT2D eigenvalue weighted by atomic mass is 31.2. The van der Waals surface area contributed by atoms with Gasteiger partial charge >= 0.3 is 39.5 Å². The second-order valence-corrected chi connectivity index (χ2v) is 29.1. The van der Waals surface area contributed by atoms with Gasteiger partial charge in [0.2, 0.25) is 0 Å². The maximum Gasteiger partial charge on any atom is 0.472 e. The van der Waals surface area contributed by atoms with E-state index in [-0.39, 0.29) is 25.7 Å². The predicted molar refractivity (Wildman–Crippen MR) is 358 cm³/mol. The van der Waals surface area contributed by atoms with Gasteiger partial charge in [-0.25, -0.2) is 9.13 Å². The SMILES string of the molecule is CCCCCCCCCCCCCCC(=O)OC[C@H](COP(=O)(O)OC[C@H](O)COP(=O)(O)OC[C@@H](COC(=O)CCCCCCCCCCCC(C)C)OC(=O)CCCCCCCCCCCCC(C)C)OC(=O)CCCCCCCCCCCCCC. The molecule has 0 spiro atoms. The van der Waals surface area contributed by atoms with E-state index < -0.39 is 97.5 Å². The average Bonchev–Trinajstić information content (AvgIpc) is 3.58. The summed E-state index contributed by atoms with van der Waals surface area (Å²) in [4.78, 5) is 72.5. The number of rotatable bonds is 69. The molecule has 19 heteroatoms. The van der Waals surface area contributed by atoms with Crippen LogP contribution in [-0.4, -0.2) is 96.7 Å². The van der Waals surface area contributed by atoms with Crippen LogP contribution in [0.4, 0.5) is 0 Å². The molecule has 0 aliphatic rings. The van der Waals surface area contributed by atoms with Crippen molar-refractivity contribution in [3.05, 3.63) is 0 Å². The lowest BCUT2D eigenvalue weighted by Crippen LogP contribution is -2.30. The smallest absolute Gasteiger partial charge is 0.462 e. The van der Waals surface area contributed by atoms with E-state index >= 15 is 0 Å². The molecule has 0 aliphatic heterocycles. The summed E-state index contributed by atoms with van der Waals surface area (Å²) in [6, 6.07) is 0. The van der Waals surface area contributed by atoms with Gasteiger partial charge in [0.1, 0.15) is 19.3 Å². The number of esters is 4. The molecule has 0 radical (unpaired) electrons.